The first kappa shape index (κ1) is 41.7. The second-order valence-corrected chi connectivity index (χ2v) is 19.8. The first-order valence-corrected chi connectivity index (χ1v) is 22.7. The molecule has 7 heteroatoms. The van der Waals surface area contributed by atoms with E-state index < -0.39 is 24.0 Å². The van der Waals surface area contributed by atoms with E-state index in [-0.39, 0.29) is 36.7 Å². The van der Waals surface area contributed by atoms with Gasteiger partial charge < -0.3 is 15.6 Å². The van der Waals surface area contributed by atoms with Crippen molar-refractivity contribution >= 4 is 18.0 Å². The minimum atomic E-state index is -1.30. The molecule has 4 unspecified atom stereocenters. The second kappa shape index (κ2) is 17.4. The number of nitrogens with zero attached hydrogens (tertiary/aromatic N) is 1. The molecule has 3 fully saturated rings. The van der Waals surface area contributed by atoms with Gasteiger partial charge in [-0.25, -0.2) is 14.5 Å². The van der Waals surface area contributed by atoms with Gasteiger partial charge in [0.2, 0.25) is 5.91 Å². The second-order valence-electron chi connectivity index (χ2n) is 19.8. The number of aliphatic carboxylic acids is 1. The Hall–Kier alpha value is -3.45. The summed E-state index contributed by atoms with van der Waals surface area (Å²) in [6, 6.07) is 14.9. The fourth-order valence-electron chi connectivity index (χ4n) is 13.2. The van der Waals surface area contributed by atoms with Crippen molar-refractivity contribution in [2.75, 3.05) is 13.2 Å². The number of benzene rings is 2. The molecule has 0 aliphatic heterocycles. The van der Waals surface area contributed by atoms with Crippen LogP contribution in [0.5, 0.6) is 0 Å². The number of allylic oxidation sites excluding steroid dienone is 2. The van der Waals surface area contributed by atoms with E-state index in [0.717, 1.165) is 82.4 Å². The van der Waals surface area contributed by atoms with Gasteiger partial charge >= 0.3 is 12.1 Å². The number of carboxylic acid groups (broad SMARTS) is 1. The predicted molar refractivity (Wildman–Crippen MR) is 227 cm³/mol. The lowest BCUT2D eigenvalue weighted by Gasteiger charge is -2.58. The molecule has 3 saturated carbocycles. The number of imide groups is 1. The van der Waals surface area contributed by atoms with Crippen LogP contribution in [-0.4, -0.2) is 47.2 Å². The third-order valence-corrected chi connectivity index (χ3v) is 16.2. The molecule has 57 heavy (non-hydrogen) atoms. The maximum atomic E-state index is 14.4. The highest BCUT2D eigenvalue weighted by molar-refractivity contribution is 5.96. The van der Waals surface area contributed by atoms with Gasteiger partial charge in [0.1, 0.15) is 12.6 Å². The predicted octanol–water partition coefficient (Wildman–Crippen LogP) is 11.4. The molecule has 0 aromatic heterocycles. The van der Waals surface area contributed by atoms with Crippen molar-refractivity contribution in [2.45, 2.75) is 143 Å². The Morgan fingerprint density at radius 2 is 1.56 bits per heavy atom. The van der Waals surface area contributed by atoms with Crippen molar-refractivity contribution in [2.24, 2.45) is 58.0 Å². The molecule has 5 aliphatic rings. The number of carboxylic acids is 1. The summed E-state index contributed by atoms with van der Waals surface area (Å²) >= 11 is 0. The van der Waals surface area contributed by atoms with Crippen molar-refractivity contribution in [1.29, 1.82) is 0 Å². The highest BCUT2D eigenvalue weighted by atomic mass is 16.6. The molecule has 2 aromatic carbocycles. The molecule has 0 bridgehead atoms. The Labute approximate surface area is 342 Å². The van der Waals surface area contributed by atoms with E-state index in [0.29, 0.717) is 30.7 Å². The lowest BCUT2D eigenvalue weighted by Crippen LogP contribution is -2.51. The van der Waals surface area contributed by atoms with Crippen molar-refractivity contribution < 1.29 is 24.2 Å². The van der Waals surface area contributed by atoms with Gasteiger partial charge in [0.05, 0.1) is 0 Å². The zero-order valence-corrected chi connectivity index (χ0v) is 35.5. The average molecular weight is 779 g/mol. The summed E-state index contributed by atoms with van der Waals surface area (Å²) in [5.41, 5.74) is 12.2. The monoisotopic (exact) mass is 779 g/mol. The maximum Gasteiger partial charge on any atom is 0.417 e. The van der Waals surface area contributed by atoms with Crippen LogP contribution in [0.2, 0.25) is 0 Å². The lowest BCUT2D eigenvalue weighted by atomic mass is 9.46. The minimum Gasteiger partial charge on any atom is -0.480 e. The van der Waals surface area contributed by atoms with Crippen LogP contribution in [0.4, 0.5) is 4.79 Å². The first-order chi connectivity index (χ1) is 27.4. The van der Waals surface area contributed by atoms with E-state index in [1.807, 2.05) is 24.3 Å². The van der Waals surface area contributed by atoms with Gasteiger partial charge in [0, 0.05) is 12.3 Å². The topological polar surface area (TPSA) is 110 Å². The summed E-state index contributed by atoms with van der Waals surface area (Å²) in [6.45, 7) is 12.8. The molecular weight excluding hydrogens is 709 g/mol. The molecule has 5 aliphatic carbocycles. The molecule has 0 heterocycles. The summed E-state index contributed by atoms with van der Waals surface area (Å²) in [4.78, 5) is 42.1. The molecule has 0 spiro atoms. The fourth-order valence-corrected chi connectivity index (χ4v) is 13.2. The summed E-state index contributed by atoms with van der Waals surface area (Å²) in [6.07, 6.45) is 16.5. The number of ether oxygens (including phenoxy) is 1. The standard InChI is InChI=1S/C50H70N2O5/c1-32(2)13-12-14-33(3)42-22-23-43-40-21-20-35-29-34(24-26-49(35,4)44(40)25-27-50(42,43)5)30-46(53)52(45(47(54)55)19-10-11-28-51)48(56)57-31-41-38-17-8-6-15-36(38)37-16-7-9-18-39(37)41/h6-9,15-18,20,32-34,40-45H,10-14,19,21-31,51H2,1-5H3,(H,54,55)/t33-,34?,40?,42-,43?,44?,45+,49+,50-/m1/s1. The van der Waals surface area contributed by atoms with E-state index in [1.54, 1.807) is 0 Å². The number of unbranched alkanes of at least 4 members (excludes halogenated alkanes) is 1. The van der Waals surface area contributed by atoms with Crippen LogP contribution in [0.3, 0.4) is 0 Å². The Kier molecular flexibility index (Phi) is 12.7. The summed E-state index contributed by atoms with van der Waals surface area (Å²) in [7, 11) is 0. The van der Waals surface area contributed by atoms with Gasteiger partial charge in [-0.05, 0) is 152 Å². The van der Waals surface area contributed by atoms with Crippen LogP contribution in [0.25, 0.3) is 11.1 Å². The van der Waals surface area contributed by atoms with Gasteiger partial charge in [-0.3, -0.25) is 4.79 Å². The van der Waals surface area contributed by atoms with Crippen LogP contribution >= 0.6 is 0 Å². The third kappa shape index (κ3) is 8.13. The zero-order valence-electron chi connectivity index (χ0n) is 35.5. The Morgan fingerprint density at radius 1 is 0.860 bits per heavy atom. The van der Waals surface area contributed by atoms with Crippen LogP contribution in [0.15, 0.2) is 60.2 Å². The maximum absolute atomic E-state index is 14.4. The molecule has 7 rings (SSSR count). The average Bonchev–Trinajstić information content (AvgIpc) is 3.71. The van der Waals surface area contributed by atoms with E-state index in [4.69, 9.17) is 10.5 Å². The normalized spacial score (nSPS) is 29.9. The minimum absolute atomic E-state index is 0.0286. The van der Waals surface area contributed by atoms with Crippen molar-refractivity contribution in [3.8, 4) is 11.1 Å². The van der Waals surface area contributed by atoms with E-state index in [9.17, 15) is 19.5 Å². The molecule has 9 atom stereocenters. The van der Waals surface area contributed by atoms with Crippen LogP contribution in [0, 0.1) is 52.3 Å². The molecule has 0 saturated heterocycles. The SMILES string of the molecule is CC(C)CCC[C@@H](C)[C@H]1CCC2C3CC=C4CC(CC(=O)N(C(=O)OCC5c6ccccc6-c6ccccc65)[C@@H](CCCCN)C(=O)O)CC[C@]4(C)C3CC[C@@]21C. The highest BCUT2D eigenvalue weighted by Gasteiger charge is 2.59. The number of rotatable bonds is 15. The van der Waals surface area contributed by atoms with E-state index in [2.05, 4.69) is 65.0 Å². The van der Waals surface area contributed by atoms with Crippen molar-refractivity contribution in [3.05, 3.63) is 71.3 Å². The Balaban J connectivity index is 1.04. The number of carbonyl (C=O) groups excluding carboxylic acids is 2. The van der Waals surface area contributed by atoms with Gasteiger partial charge in [-0.2, -0.15) is 0 Å². The van der Waals surface area contributed by atoms with Gasteiger partial charge in [-0.15, -0.1) is 0 Å². The third-order valence-electron chi connectivity index (χ3n) is 16.2. The Morgan fingerprint density at radius 3 is 2.23 bits per heavy atom. The number of hydrogen-bond acceptors (Lipinski definition) is 5. The number of hydrogen-bond donors (Lipinski definition) is 2. The molecular formula is C50H70N2O5. The van der Waals surface area contributed by atoms with Gasteiger partial charge in [-0.1, -0.05) is 114 Å². The Bertz CT molecular complexity index is 1760. The van der Waals surface area contributed by atoms with E-state index >= 15 is 0 Å². The summed E-state index contributed by atoms with van der Waals surface area (Å²) in [5, 5.41) is 10.4. The van der Waals surface area contributed by atoms with Crippen LogP contribution < -0.4 is 5.73 Å². The number of carbonyl (C=O) groups is 3. The fraction of sp³-hybridized carbons (Fsp3) is 0.660. The van der Waals surface area contributed by atoms with E-state index in [1.165, 1.54) is 50.5 Å². The molecule has 3 N–H and O–H groups in total. The van der Waals surface area contributed by atoms with Crippen molar-refractivity contribution in [3.63, 3.8) is 0 Å². The quantitative estimate of drug-likeness (QED) is 0.138. The van der Waals surface area contributed by atoms with Crippen LogP contribution in [0.1, 0.15) is 148 Å². The first-order valence-electron chi connectivity index (χ1n) is 22.7. The van der Waals surface area contributed by atoms with Crippen LogP contribution in [-0.2, 0) is 14.3 Å². The van der Waals surface area contributed by atoms with Gasteiger partial charge in [0.25, 0.3) is 0 Å². The lowest BCUT2D eigenvalue weighted by molar-refractivity contribution is -0.149. The highest BCUT2D eigenvalue weighted by Crippen LogP contribution is 2.67. The number of fused-ring (bicyclic) bond motifs is 8. The number of nitrogens with two attached hydrogens (primary N) is 1. The largest absolute Gasteiger partial charge is 0.480 e. The van der Waals surface area contributed by atoms with Crippen molar-refractivity contribution in [1.82, 2.24) is 4.90 Å². The number of amides is 2. The zero-order chi connectivity index (χ0) is 40.5. The van der Waals surface area contributed by atoms with Gasteiger partial charge in [0.15, 0.2) is 0 Å². The molecule has 7 nitrogen and oxygen atoms in total. The molecule has 2 amide bonds. The smallest absolute Gasteiger partial charge is 0.417 e. The molecule has 310 valence electrons. The summed E-state index contributed by atoms with van der Waals surface area (Å²) < 4.78 is 5.97. The summed E-state index contributed by atoms with van der Waals surface area (Å²) in [5.74, 6) is 2.86. The molecule has 2 aromatic rings. The molecule has 0 radical (unpaired) electrons.